The van der Waals surface area contributed by atoms with Crippen LogP contribution in [0.2, 0.25) is 0 Å². The molecule has 1 amide bonds. The van der Waals surface area contributed by atoms with Gasteiger partial charge in [-0.25, -0.2) is 0 Å². The second-order valence-electron chi connectivity index (χ2n) is 5.10. The molecular weight excluding hydrogens is 260 g/mol. The molecule has 1 N–H and O–H groups in total. The van der Waals surface area contributed by atoms with Gasteiger partial charge in [-0.05, 0) is 26.4 Å². The standard InChI is InChI=1S/C13H22N4O3/c1-17-7-5-3-4-6-10(17)13(18)14-8-11-15-12(9-19-2)20-16-11/h10H,3-9H2,1-2H3,(H,14,18)/t10-/m1/s1. The summed E-state index contributed by atoms with van der Waals surface area (Å²) in [6, 6.07) is -0.0529. The van der Waals surface area contributed by atoms with Gasteiger partial charge in [0.05, 0.1) is 12.6 Å². The van der Waals surface area contributed by atoms with Gasteiger partial charge in [0.25, 0.3) is 5.89 Å². The number of amides is 1. The predicted molar refractivity (Wildman–Crippen MR) is 71.7 cm³/mol. The van der Waals surface area contributed by atoms with Gasteiger partial charge < -0.3 is 14.6 Å². The Balaban J connectivity index is 1.83. The van der Waals surface area contributed by atoms with Crippen molar-refractivity contribution in [2.75, 3.05) is 20.7 Å². The third-order valence-electron chi connectivity index (χ3n) is 3.52. The van der Waals surface area contributed by atoms with E-state index in [0.717, 1.165) is 25.8 Å². The van der Waals surface area contributed by atoms with Crippen molar-refractivity contribution >= 4 is 5.91 Å². The van der Waals surface area contributed by atoms with Crippen LogP contribution in [-0.4, -0.2) is 47.7 Å². The number of carbonyl (C=O) groups is 1. The van der Waals surface area contributed by atoms with Crippen molar-refractivity contribution in [3.8, 4) is 0 Å². The SMILES string of the molecule is COCc1nc(CNC(=O)[C@H]2CCCCCN2C)no1. The van der Waals surface area contributed by atoms with Gasteiger partial charge in [0.1, 0.15) is 6.61 Å². The molecule has 1 aliphatic heterocycles. The fraction of sp³-hybridized carbons (Fsp3) is 0.769. The molecule has 1 atom stereocenters. The smallest absolute Gasteiger partial charge is 0.252 e. The molecule has 0 bridgehead atoms. The van der Waals surface area contributed by atoms with Gasteiger partial charge in [-0.15, -0.1) is 0 Å². The van der Waals surface area contributed by atoms with Crippen molar-refractivity contribution in [1.29, 1.82) is 0 Å². The number of hydrogen-bond acceptors (Lipinski definition) is 6. The molecular formula is C13H22N4O3. The second kappa shape index (κ2) is 7.35. The topological polar surface area (TPSA) is 80.5 Å². The molecule has 1 aliphatic rings. The van der Waals surface area contributed by atoms with Gasteiger partial charge in [-0.3, -0.25) is 9.69 Å². The Bertz CT molecular complexity index is 435. The van der Waals surface area contributed by atoms with E-state index in [1.54, 1.807) is 7.11 Å². The van der Waals surface area contributed by atoms with Crippen LogP contribution in [0.3, 0.4) is 0 Å². The number of aromatic nitrogens is 2. The average Bonchev–Trinajstić information content (AvgIpc) is 2.77. The van der Waals surface area contributed by atoms with E-state index in [2.05, 4.69) is 20.4 Å². The van der Waals surface area contributed by atoms with E-state index in [4.69, 9.17) is 9.26 Å². The number of likely N-dealkylation sites (N-methyl/N-ethyl adjacent to an activating group) is 1. The van der Waals surface area contributed by atoms with Crippen LogP contribution in [0.5, 0.6) is 0 Å². The highest BCUT2D eigenvalue weighted by Crippen LogP contribution is 2.15. The van der Waals surface area contributed by atoms with Crippen molar-refractivity contribution in [3.05, 3.63) is 11.7 Å². The first-order chi connectivity index (χ1) is 9.70. The maximum Gasteiger partial charge on any atom is 0.252 e. The van der Waals surface area contributed by atoms with E-state index >= 15 is 0 Å². The number of methoxy groups -OCH3 is 1. The van der Waals surface area contributed by atoms with E-state index in [1.807, 2.05) is 7.05 Å². The molecule has 0 aromatic carbocycles. The van der Waals surface area contributed by atoms with Crippen LogP contribution in [-0.2, 0) is 22.7 Å². The third kappa shape index (κ3) is 4.01. The van der Waals surface area contributed by atoms with Crippen LogP contribution in [0.15, 0.2) is 4.52 Å². The molecule has 112 valence electrons. The number of carbonyl (C=O) groups excluding carboxylic acids is 1. The monoisotopic (exact) mass is 282 g/mol. The molecule has 0 saturated carbocycles. The van der Waals surface area contributed by atoms with Crippen LogP contribution < -0.4 is 5.32 Å². The van der Waals surface area contributed by atoms with E-state index in [-0.39, 0.29) is 25.1 Å². The van der Waals surface area contributed by atoms with Crippen molar-refractivity contribution in [1.82, 2.24) is 20.4 Å². The van der Waals surface area contributed by atoms with Gasteiger partial charge >= 0.3 is 0 Å². The first-order valence-corrected chi connectivity index (χ1v) is 6.99. The first kappa shape index (κ1) is 14.9. The minimum Gasteiger partial charge on any atom is -0.375 e. The summed E-state index contributed by atoms with van der Waals surface area (Å²) >= 11 is 0. The lowest BCUT2D eigenvalue weighted by Gasteiger charge is -2.24. The summed E-state index contributed by atoms with van der Waals surface area (Å²) in [4.78, 5) is 18.4. The molecule has 20 heavy (non-hydrogen) atoms. The Hall–Kier alpha value is -1.47. The van der Waals surface area contributed by atoms with Crippen LogP contribution in [0.1, 0.15) is 37.4 Å². The zero-order chi connectivity index (χ0) is 14.4. The van der Waals surface area contributed by atoms with Crippen molar-refractivity contribution < 1.29 is 14.1 Å². The molecule has 0 spiro atoms. The summed E-state index contributed by atoms with van der Waals surface area (Å²) in [6.07, 6.45) is 4.36. The number of rotatable bonds is 5. The summed E-state index contributed by atoms with van der Waals surface area (Å²) in [7, 11) is 3.56. The van der Waals surface area contributed by atoms with E-state index in [0.29, 0.717) is 11.7 Å². The molecule has 7 nitrogen and oxygen atoms in total. The first-order valence-electron chi connectivity index (χ1n) is 6.99. The predicted octanol–water partition coefficient (Wildman–Crippen LogP) is 0.707. The minimum atomic E-state index is -0.0529. The number of ether oxygens (including phenoxy) is 1. The lowest BCUT2D eigenvalue weighted by molar-refractivity contribution is -0.126. The Labute approximate surface area is 118 Å². The Morgan fingerprint density at radius 1 is 1.50 bits per heavy atom. The highest BCUT2D eigenvalue weighted by Gasteiger charge is 2.24. The van der Waals surface area contributed by atoms with E-state index in [1.165, 1.54) is 6.42 Å². The van der Waals surface area contributed by atoms with Gasteiger partial charge in [0.2, 0.25) is 5.91 Å². The van der Waals surface area contributed by atoms with Gasteiger partial charge in [-0.2, -0.15) is 4.98 Å². The summed E-state index contributed by atoms with van der Waals surface area (Å²) in [5, 5.41) is 6.67. The zero-order valence-electron chi connectivity index (χ0n) is 12.1. The molecule has 2 rings (SSSR count). The summed E-state index contributed by atoms with van der Waals surface area (Å²) in [6.45, 7) is 1.54. The Kier molecular flexibility index (Phi) is 5.49. The molecule has 0 aliphatic carbocycles. The molecule has 1 aromatic rings. The fourth-order valence-electron chi connectivity index (χ4n) is 2.41. The lowest BCUT2D eigenvalue weighted by Crippen LogP contribution is -2.44. The largest absolute Gasteiger partial charge is 0.375 e. The molecule has 1 aromatic heterocycles. The van der Waals surface area contributed by atoms with Crippen molar-refractivity contribution in [3.63, 3.8) is 0 Å². The van der Waals surface area contributed by atoms with Crippen LogP contribution in [0.4, 0.5) is 0 Å². The second-order valence-corrected chi connectivity index (χ2v) is 5.10. The number of hydrogen-bond donors (Lipinski definition) is 1. The molecule has 2 heterocycles. The van der Waals surface area contributed by atoms with Crippen LogP contribution in [0.25, 0.3) is 0 Å². The Morgan fingerprint density at radius 3 is 3.15 bits per heavy atom. The molecule has 7 heteroatoms. The van der Waals surface area contributed by atoms with Gasteiger partial charge in [-0.1, -0.05) is 18.0 Å². The highest BCUT2D eigenvalue weighted by atomic mass is 16.5. The summed E-state index contributed by atoms with van der Waals surface area (Å²) in [5.74, 6) is 0.928. The van der Waals surface area contributed by atoms with Gasteiger partial charge in [0.15, 0.2) is 5.82 Å². The third-order valence-corrected chi connectivity index (χ3v) is 3.52. The van der Waals surface area contributed by atoms with Crippen LogP contribution >= 0.6 is 0 Å². The maximum atomic E-state index is 12.2. The fourth-order valence-corrected chi connectivity index (χ4v) is 2.41. The Morgan fingerprint density at radius 2 is 2.35 bits per heavy atom. The number of nitrogens with one attached hydrogen (secondary N) is 1. The van der Waals surface area contributed by atoms with E-state index in [9.17, 15) is 4.79 Å². The van der Waals surface area contributed by atoms with Crippen LogP contribution in [0, 0.1) is 0 Å². The van der Waals surface area contributed by atoms with Crippen molar-refractivity contribution in [2.45, 2.75) is 44.9 Å². The van der Waals surface area contributed by atoms with Gasteiger partial charge in [0, 0.05) is 7.11 Å². The highest BCUT2D eigenvalue weighted by molar-refractivity contribution is 5.81. The van der Waals surface area contributed by atoms with Crippen molar-refractivity contribution in [2.24, 2.45) is 0 Å². The maximum absolute atomic E-state index is 12.2. The zero-order valence-corrected chi connectivity index (χ0v) is 12.1. The molecule has 0 unspecified atom stereocenters. The summed E-state index contributed by atoms with van der Waals surface area (Å²) in [5.41, 5.74) is 0. The summed E-state index contributed by atoms with van der Waals surface area (Å²) < 4.78 is 9.88. The molecule has 1 saturated heterocycles. The molecule has 1 fully saturated rings. The minimum absolute atomic E-state index is 0.0347. The lowest BCUT2D eigenvalue weighted by atomic mass is 10.1. The number of nitrogens with zero attached hydrogens (tertiary/aromatic N) is 3. The average molecular weight is 282 g/mol. The quantitative estimate of drug-likeness (QED) is 0.856. The molecule has 0 radical (unpaired) electrons. The number of likely N-dealkylation sites (tertiary alicyclic amines) is 1. The van der Waals surface area contributed by atoms with E-state index < -0.39 is 0 Å². The normalized spacial score (nSPS) is 20.6.